The molecule has 0 aliphatic rings. The molecule has 0 unspecified atom stereocenters. The molecule has 1 aromatic heterocycles. The normalized spacial score (nSPS) is 13.6. The summed E-state index contributed by atoms with van der Waals surface area (Å²) in [6.45, 7) is 4.69. The lowest BCUT2D eigenvalue weighted by Gasteiger charge is -2.20. The van der Waals surface area contributed by atoms with Crippen molar-refractivity contribution in [3.8, 4) is 0 Å². The van der Waals surface area contributed by atoms with Crippen LogP contribution in [0.4, 0.5) is 0 Å². The van der Waals surface area contributed by atoms with E-state index in [2.05, 4.69) is 4.72 Å². The molecule has 4 aromatic rings. The van der Waals surface area contributed by atoms with E-state index >= 15 is 0 Å². The van der Waals surface area contributed by atoms with Crippen molar-refractivity contribution < 1.29 is 27.5 Å². The number of esters is 1. The van der Waals surface area contributed by atoms with Crippen LogP contribution in [0.2, 0.25) is 0 Å². The molecule has 2 N–H and O–H groups in total. The number of benzene rings is 3. The first-order valence-corrected chi connectivity index (χ1v) is 12.4. The van der Waals surface area contributed by atoms with Gasteiger partial charge in [-0.1, -0.05) is 42.5 Å². The number of aliphatic hydroxyl groups is 1. The number of aryl methyl sites for hydroxylation is 2. The summed E-state index contributed by atoms with van der Waals surface area (Å²) in [4.78, 5) is 24.8. The SMILES string of the molecule is Cc1ccc2c(COC(=O)[C@@H](NS(=O)(=O)c3ccc4ccccc4c3)[C@H](C)O)cc(=O)oc2c1C. The van der Waals surface area contributed by atoms with Crippen LogP contribution in [0, 0.1) is 13.8 Å². The summed E-state index contributed by atoms with van der Waals surface area (Å²) < 4.78 is 38.8. The van der Waals surface area contributed by atoms with Crippen LogP contribution in [0.1, 0.15) is 23.6 Å². The van der Waals surface area contributed by atoms with Gasteiger partial charge in [0.2, 0.25) is 10.0 Å². The van der Waals surface area contributed by atoms with Crippen molar-refractivity contribution in [2.75, 3.05) is 0 Å². The Bertz CT molecular complexity index is 1590. The van der Waals surface area contributed by atoms with Gasteiger partial charge in [0.15, 0.2) is 0 Å². The number of ether oxygens (including phenoxy) is 1. The van der Waals surface area contributed by atoms with E-state index in [1.165, 1.54) is 25.1 Å². The Morgan fingerprint density at radius 2 is 1.77 bits per heavy atom. The second-order valence-corrected chi connectivity index (χ2v) is 10.1. The maximum atomic E-state index is 13.0. The number of aliphatic hydroxyl groups excluding tert-OH is 1. The van der Waals surface area contributed by atoms with Gasteiger partial charge < -0.3 is 14.3 Å². The van der Waals surface area contributed by atoms with Crippen LogP contribution in [0.25, 0.3) is 21.7 Å². The van der Waals surface area contributed by atoms with Crippen molar-refractivity contribution in [1.82, 2.24) is 4.72 Å². The largest absolute Gasteiger partial charge is 0.460 e. The van der Waals surface area contributed by atoms with Crippen LogP contribution < -0.4 is 10.3 Å². The maximum absolute atomic E-state index is 13.0. The summed E-state index contributed by atoms with van der Waals surface area (Å²) in [7, 11) is -4.15. The van der Waals surface area contributed by atoms with E-state index < -0.39 is 33.8 Å². The zero-order valence-electron chi connectivity index (χ0n) is 19.4. The summed E-state index contributed by atoms with van der Waals surface area (Å²) in [5.41, 5.74) is 1.94. The van der Waals surface area contributed by atoms with Gasteiger partial charge in [-0.3, -0.25) is 4.79 Å². The highest BCUT2D eigenvalue weighted by molar-refractivity contribution is 7.89. The van der Waals surface area contributed by atoms with E-state index in [1.54, 1.807) is 24.3 Å². The Kier molecular flexibility index (Phi) is 6.75. The average molecular weight is 496 g/mol. The molecular weight excluding hydrogens is 470 g/mol. The summed E-state index contributed by atoms with van der Waals surface area (Å²) in [6.07, 6.45) is -1.37. The summed E-state index contributed by atoms with van der Waals surface area (Å²) >= 11 is 0. The van der Waals surface area contributed by atoms with Gasteiger partial charge >= 0.3 is 11.6 Å². The third-order valence-electron chi connectivity index (χ3n) is 5.94. The fourth-order valence-corrected chi connectivity index (χ4v) is 5.09. The number of hydrogen-bond acceptors (Lipinski definition) is 7. The predicted octanol–water partition coefficient (Wildman–Crippen LogP) is 3.33. The van der Waals surface area contributed by atoms with Gasteiger partial charge in [-0.2, -0.15) is 4.72 Å². The molecular formula is C26H25NO7S. The Hall–Kier alpha value is -3.53. The van der Waals surface area contributed by atoms with Gasteiger partial charge in [-0.25, -0.2) is 13.2 Å². The van der Waals surface area contributed by atoms with Crippen molar-refractivity contribution in [3.05, 3.63) is 87.8 Å². The molecule has 3 aromatic carbocycles. The Labute approximate surface area is 202 Å². The van der Waals surface area contributed by atoms with Gasteiger partial charge in [-0.15, -0.1) is 0 Å². The van der Waals surface area contributed by atoms with E-state index in [1.807, 2.05) is 32.0 Å². The van der Waals surface area contributed by atoms with Gasteiger partial charge in [-0.05, 0) is 54.8 Å². The zero-order valence-corrected chi connectivity index (χ0v) is 20.3. The van der Waals surface area contributed by atoms with Crippen LogP contribution in [0.3, 0.4) is 0 Å². The van der Waals surface area contributed by atoms with Crippen molar-refractivity contribution in [3.63, 3.8) is 0 Å². The Morgan fingerprint density at radius 1 is 1.06 bits per heavy atom. The summed E-state index contributed by atoms with van der Waals surface area (Å²) in [5.74, 6) is -0.977. The monoisotopic (exact) mass is 495 g/mol. The number of nitrogens with one attached hydrogen (secondary N) is 1. The minimum atomic E-state index is -4.15. The minimum Gasteiger partial charge on any atom is -0.460 e. The molecule has 0 saturated heterocycles. The predicted molar refractivity (Wildman–Crippen MR) is 131 cm³/mol. The average Bonchev–Trinajstić information content (AvgIpc) is 2.83. The number of rotatable bonds is 7. The standard InChI is InChI=1S/C26H25NO7S/c1-15-8-11-22-20(13-23(29)34-25(22)16(15)2)14-33-26(30)24(17(3)28)27-35(31,32)21-10-9-18-6-4-5-7-19(18)12-21/h4-13,17,24,27-28H,14H2,1-3H3/t17-,24-/m0/s1. The number of sulfonamides is 1. The molecule has 1 heterocycles. The van der Waals surface area contributed by atoms with Crippen molar-refractivity contribution in [2.45, 2.75) is 44.4 Å². The molecule has 0 aliphatic carbocycles. The first-order valence-electron chi connectivity index (χ1n) is 11.0. The fourth-order valence-electron chi connectivity index (χ4n) is 3.80. The smallest absolute Gasteiger partial charge is 0.336 e. The van der Waals surface area contributed by atoms with E-state index in [0.717, 1.165) is 16.5 Å². The van der Waals surface area contributed by atoms with Crippen LogP contribution in [-0.2, 0) is 26.2 Å². The molecule has 2 atom stereocenters. The highest BCUT2D eigenvalue weighted by Gasteiger charge is 2.31. The molecule has 8 nitrogen and oxygen atoms in total. The fraction of sp³-hybridized carbons (Fsp3) is 0.231. The van der Waals surface area contributed by atoms with Crippen LogP contribution in [0.5, 0.6) is 0 Å². The number of hydrogen-bond donors (Lipinski definition) is 2. The molecule has 0 bridgehead atoms. The molecule has 9 heteroatoms. The lowest BCUT2D eigenvalue weighted by molar-refractivity contribution is -0.149. The second-order valence-electron chi connectivity index (χ2n) is 8.43. The van der Waals surface area contributed by atoms with Gasteiger partial charge in [0.1, 0.15) is 18.2 Å². The topological polar surface area (TPSA) is 123 Å². The van der Waals surface area contributed by atoms with Gasteiger partial charge in [0, 0.05) is 17.0 Å². The van der Waals surface area contributed by atoms with Crippen LogP contribution >= 0.6 is 0 Å². The molecule has 182 valence electrons. The Morgan fingerprint density at radius 3 is 2.49 bits per heavy atom. The minimum absolute atomic E-state index is 0.0489. The summed E-state index contributed by atoms with van der Waals surface area (Å²) in [5, 5.41) is 12.3. The van der Waals surface area contributed by atoms with Crippen molar-refractivity contribution in [1.29, 1.82) is 0 Å². The van der Waals surface area contributed by atoms with Crippen LogP contribution in [-0.4, -0.2) is 31.6 Å². The third kappa shape index (κ3) is 5.12. The third-order valence-corrected chi connectivity index (χ3v) is 7.38. The van der Waals surface area contributed by atoms with E-state index in [4.69, 9.17) is 9.15 Å². The maximum Gasteiger partial charge on any atom is 0.336 e. The molecule has 0 aliphatic heterocycles. The summed E-state index contributed by atoms with van der Waals surface area (Å²) in [6, 6.07) is 15.1. The molecule has 0 radical (unpaired) electrons. The lowest BCUT2D eigenvalue weighted by atomic mass is 10.0. The first-order chi connectivity index (χ1) is 16.6. The quantitative estimate of drug-likeness (QED) is 0.298. The Balaban J connectivity index is 1.56. The zero-order chi connectivity index (χ0) is 25.3. The second kappa shape index (κ2) is 9.61. The number of fused-ring (bicyclic) bond motifs is 2. The molecule has 0 fully saturated rings. The van der Waals surface area contributed by atoms with Gasteiger partial charge in [0.05, 0.1) is 11.0 Å². The van der Waals surface area contributed by atoms with E-state index in [0.29, 0.717) is 21.9 Å². The van der Waals surface area contributed by atoms with Crippen molar-refractivity contribution >= 4 is 37.7 Å². The van der Waals surface area contributed by atoms with Crippen LogP contribution in [0.15, 0.2) is 74.8 Å². The molecule has 0 spiro atoms. The van der Waals surface area contributed by atoms with E-state index in [9.17, 15) is 23.1 Å². The highest BCUT2D eigenvalue weighted by atomic mass is 32.2. The van der Waals surface area contributed by atoms with E-state index in [-0.39, 0.29) is 11.5 Å². The van der Waals surface area contributed by atoms with Gasteiger partial charge in [0.25, 0.3) is 0 Å². The highest BCUT2D eigenvalue weighted by Crippen LogP contribution is 2.24. The first kappa shape index (κ1) is 24.6. The molecule has 4 rings (SSSR count). The number of carbonyl (C=O) groups is 1. The lowest BCUT2D eigenvalue weighted by Crippen LogP contribution is -2.48. The molecule has 35 heavy (non-hydrogen) atoms. The molecule has 0 amide bonds. The molecule has 0 saturated carbocycles. The number of carbonyl (C=O) groups excluding carboxylic acids is 1. The van der Waals surface area contributed by atoms with Crippen molar-refractivity contribution in [2.24, 2.45) is 0 Å².